The number of aryl methyl sites for hydroxylation is 2. The lowest BCUT2D eigenvalue weighted by Gasteiger charge is -2.39. The fourth-order valence-electron chi connectivity index (χ4n) is 3.61. The third-order valence-corrected chi connectivity index (χ3v) is 4.69. The Kier molecular flexibility index (Phi) is 3.39. The van der Waals surface area contributed by atoms with E-state index in [1.165, 1.54) is 25.7 Å². The first-order valence-corrected chi connectivity index (χ1v) is 7.45. The predicted octanol–water partition coefficient (Wildman–Crippen LogP) is 1.38. The van der Waals surface area contributed by atoms with Crippen molar-refractivity contribution in [2.45, 2.75) is 38.6 Å². The maximum absolute atomic E-state index is 6.15. The van der Waals surface area contributed by atoms with Crippen LogP contribution in [0.5, 0.6) is 0 Å². The molecule has 1 saturated heterocycles. The zero-order chi connectivity index (χ0) is 13.4. The molecule has 0 amide bonds. The van der Waals surface area contributed by atoms with Gasteiger partial charge in [-0.2, -0.15) is 5.10 Å². The highest BCUT2D eigenvalue weighted by atomic mass is 15.4. The number of aromatic nitrogens is 2. The van der Waals surface area contributed by atoms with Crippen molar-refractivity contribution in [3.8, 4) is 0 Å². The molecule has 106 valence electrons. The number of hydrogen-bond donors (Lipinski definition) is 1. The molecular weight excluding hydrogens is 238 g/mol. The summed E-state index contributed by atoms with van der Waals surface area (Å²) in [6, 6.07) is 0.841. The molecular formula is C14H25N5. The average Bonchev–Trinajstić information content (AvgIpc) is 3.00. The standard InChI is InChI=1S/C14H25N5/c1-11-13(15)14(17(2)16-11)19-9-7-18(8-10-19)12-5-3-4-6-12/h12H,3-10,15H2,1-2H3. The minimum atomic E-state index is 0.841. The zero-order valence-corrected chi connectivity index (χ0v) is 12.1. The maximum atomic E-state index is 6.15. The van der Waals surface area contributed by atoms with Crippen molar-refractivity contribution in [3.05, 3.63) is 5.69 Å². The van der Waals surface area contributed by atoms with Crippen LogP contribution >= 0.6 is 0 Å². The van der Waals surface area contributed by atoms with E-state index in [4.69, 9.17) is 5.73 Å². The molecule has 5 nitrogen and oxygen atoms in total. The van der Waals surface area contributed by atoms with Gasteiger partial charge in [0.2, 0.25) is 0 Å². The molecule has 5 heteroatoms. The quantitative estimate of drug-likeness (QED) is 0.875. The Morgan fingerprint density at radius 3 is 2.26 bits per heavy atom. The number of nitrogen functional groups attached to an aromatic ring is 1. The van der Waals surface area contributed by atoms with Crippen LogP contribution in [0.15, 0.2) is 0 Å². The normalized spacial score (nSPS) is 22.3. The molecule has 2 aliphatic rings. The minimum absolute atomic E-state index is 0.841. The summed E-state index contributed by atoms with van der Waals surface area (Å²) in [7, 11) is 1.99. The third kappa shape index (κ3) is 2.31. The van der Waals surface area contributed by atoms with Gasteiger partial charge in [-0.25, -0.2) is 0 Å². The van der Waals surface area contributed by atoms with Gasteiger partial charge in [0.1, 0.15) is 5.82 Å². The summed E-state index contributed by atoms with van der Waals surface area (Å²) in [5.74, 6) is 1.10. The lowest BCUT2D eigenvalue weighted by atomic mass is 10.2. The average molecular weight is 263 g/mol. The van der Waals surface area contributed by atoms with Crippen LogP contribution < -0.4 is 10.6 Å². The van der Waals surface area contributed by atoms with E-state index in [0.29, 0.717) is 0 Å². The molecule has 2 heterocycles. The van der Waals surface area contributed by atoms with Crippen molar-refractivity contribution < 1.29 is 0 Å². The van der Waals surface area contributed by atoms with Gasteiger partial charge in [-0.1, -0.05) is 12.8 Å². The Bertz CT molecular complexity index is 439. The molecule has 2 N–H and O–H groups in total. The molecule has 1 aliphatic heterocycles. The Labute approximate surface area is 115 Å². The van der Waals surface area contributed by atoms with Crippen LogP contribution in [0, 0.1) is 6.92 Å². The highest BCUT2D eigenvalue weighted by Crippen LogP contribution is 2.29. The van der Waals surface area contributed by atoms with Gasteiger partial charge in [-0.3, -0.25) is 9.58 Å². The van der Waals surface area contributed by atoms with Gasteiger partial charge in [0.15, 0.2) is 0 Å². The van der Waals surface area contributed by atoms with Crippen LogP contribution in [0.4, 0.5) is 11.5 Å². The number of nitrogens with two attached hydrogens (primary N) is 1. The summed E-state index contributed by atoms with van der Waals surface area (Å²) in [4.78, 5) is 5.06. The van der Waals surface area contributed by atoms with E-state index in [1.54, 1.807) is 0 Å². The molecule has 1 aliphatic carbocycles. The Balaban J connectivity index is 1.66. The van der Waals surface area contributed by atoms with Crippen molar-refractivity contribution in [1.82, 2.24) is 14.7 Å². The summed E-state index contributed by atoms with van der Waals surface area (Å²) in [6.45, 7) is 6.44. The van der Waals surface area contributed by atoms with E-state index >= 15 is 0 Å². The number of piperazine rings is 1. The van der Waals surface area contributed by atoms with Gasteiger partial charge >= 0.3 is 0 Å². The first-order valence-electron chi connectivity index (χ1n) is 7.45. The van der Waals surface area contributed by atoms with Crippen molar-refractivity contribution in [2.75, 3.05) is 36.8 Å². The molecule has 0 radical (unpaired) electrons. The molecule has 0 unspecified atom stereocenters. The van der Waals surface area contributed by atoms with Crippen molar-refractivity contribution >= 4 is 11.5 Å². The molecule has 2 fully saturated rings. The summed E-state index contributed by atoms with van der Waals surface area (Å²) >= 11 is 0. The molecule has 1 saturated carbocycles. The molecule has 1 aromatic rings. The molecule has 0 aromatic carbocycles. The molecule has 0 bridgehead atoms. The maximum Gasteiger partial charge on any atom is 0.150 e. The van der Waals surface area contributed by atoms with Crippen molar-refractivity contribution in [3.63, 3.8) is 0 Å². The topological polar surface area (TPSA) is 50.3 Å². The summed E-state index contributed by atoms with van der Waals surface area (Å²) in [5, 5.41) is 4.42. The van der Waals surface area contributed by atoms with Gasteiger partial charge in [0.25, 0.3) is 0 Å². The fourth-order valence-corrected chi connectivity index (χ4v) is 3.61. The number of nitrogens with zero attached hydrogens (tertiary/aromatic N) is 4. The second kappa shape index (κ2) is 5.04. The van der Waals surface area contributed by atoms with E-state index < -0.39 is 0 Å². The van der Waals surface area contributed by atoms with Crippen LogP contribution in [0.2, 0.25) is 0 Å². The van der Waals surface area contributed by atoms with Gasteiger partial charge < -0.3 is 10.6 Å². The summed E-state index contributed by atoms with van der Waals surface area (Å²) in [6.07, 6.45) is 5.62. The highest BCUT2D eigenvalue weighted by Gasteiger charge is 2.28. The van der Waals surface area contributed by atoms with Crippen molar-refractivity contribution in [1.29, 1.82) is 0 Å². The van der Waals surface area contributed by atoms with Crippen molar-refractivity contribution in [2.24, 2.45) is 7.05 Å². The highest BCUT2D eigenvalue weighted by molar-refractivity contribution is 5.66. The van der Waals surface area contributed by atoms with E-state index in [9.17, 15) is 0 Å². The summed E-state index contributed by atoms with van der Waals surface area (Å²) in [5.41, 5.74) is 7.94. The van der Waals surface area contributed by atoms with Gasteiger partial charge in [0, 0.05) is 39.3 Å². The predicted molar refractivity (Wildman–Crippen MR) is 78.4 cm³/mol. The van der Waals surface area contributed by atoms with Gasteiger partial charge in [-0.05, 0) is 19.8 Å². The Hall–Kier alpha value is -1.23. The van der Waals surface area contributed by atoms with Crippen LogP contribution in [-0.4, -0.2) is 46.9 Å². The Morgan fingerprint density at radius 2 is 1.74 bits per heavy atom. The molecule has 0 atom stereocenters. The van der Waals surface area contributed by atoms with E-state index in [-0.39, 0.29) is 0 Å². The second-order valence-corrected chi connectivity index (χ2v) is 5.91. The van der Waals surface area contributed by atoms with Crippen LogP contribution in [0.25, 0.3) is 0 Å². The lowest BCUT2D eigenvalue weighted by molar-refractivity contribution is 0.187. The monoisotopic (exact) mass is 263 g/mol. The number of rotatable bonds is 2. The molecule has 1 aromatic heterocycles. The first-order chi connectivity index (χ1) is 9.16. The molecule has 19 heavy (non-hydrogen) atoms. The number of hydrogen-bond acceptors (Lipinski definition) is 4. The Morgan fingerprint density at radius 1 is 1.11 bits per heavy atom. The first kappa shape index (κ1) is 12.8. The smallest absolute Gasteiger partial charge is 0.150 e. The summed E-state index contributed by atoms with van der Waals surface area (Å²) < 4.78 is 1.93. The van der Waals surface area contributed by atoms with E-state index in [1.807, 2.05) is 18.7 Å². The largest absolute Gasteiger partial charge is 0.394 e. The van der Waals surface area contributed by atoms with Crippen LogP contribution in [-0.2, 0) is 7.05 Å². The van der Waals surface area contributed by atoms with Gasteiger partial charge in [0.05, 0.1) is 11.4 Å². The van der Waals surface area contributed by atoms with Crippen LogP contribution in [0.1, 0.15) is 31.4 Å². The van der Waals surface area contributed by atoms with E-state index in [2.05, 4.69) is 14.9 Å². The van der Waals surface area contributed by atoms with Gasteiger partial charge in [-0.15, -0.1) is 0 Å². The SMILES string of the molecule is Cc1nn(C)c(N2CCN(C3CCCC3)CC2)c1N. The lowest BCUT2D eigenvalue weighted by Crippen LogP contribution is -2.50. The minimum Gasteiger partial charge on any atom is -0.394 e. The zero-order valence-electron chi connectivity index (χ0n) is 12.1. The van der Waals surface area contributed by atoms with E-state index in [0.717, 1.165) is 49.4 Å². The number of anilines is 2. The fraction of sp³-hybridized carbons (Fsp3) is 0.786. The molecule has 0 spiro atoms. The molecule has 3 rings (SSSR count). The third-order valence-electron chi connectivity index (χ3n) is 4.69. The second-order valence-electron chi connectivity index (χ2n) is 5.91. The van der Waals surface area contributed by atoms with Crippen LogP contribution in [0.3, 0.4) is 0 Å².